The first-order chi connectivity index (χ1) is 5.18. The van der Waals surface area contributed by atoms with Crippen LogP contribution < -0.4 is 61.8 Å². The predicted molar refractivity (Wildman–Crippen MR) is 44.6 cm³/mol. The number of hydrogen-bond donors (Lipinski definition) is 1. The van der Waals surface area contributed by atoms with Crippen LogP contribution in [0.1, 0.15) is 13.8 Å². The Hall–Kier alpha value is 0.456. The van der Waals surface area contributed by atoms with E-state index in [-0.39, 0.29) is 57.1 Å². The van der Waals surface area contributed by atoms with Gasteiger partial charge in [-0.1, -0.05) is 12.1 Å². The Balaban J connectivity index is 0.00000121. The minimum Gasteiger partial charge on any atom is -0.872 e. The monoisotopic (exact) mass is 189 g/mol. The van der Waals surface area contributed by atoms with Gasteiger partial charge in [0.2, 0.25) is 0 Å². The van der Waals surface area contributed by atoms with Crippen molar-refractivity contribution in [2.75, 3.05) is 5.32 Å². The van der Waals surface area contributed by atoms with E-state index in [1.165, 1.54) is 0 Å². The van der Waals surface area contributed by atoms with Crippen LogP contribution in [0, 0.1) is 0 Å². The number of rotatable bonds is 2. The van der Waals surface area contributed by atoms with Crippen LogP contribution in [-0.2, 0) is 0 Å². The van der Waals surface area contributed by atoms with Gasteiger partial charge in [0.05, 0.1) is 0 Å². The van der Waals surface area contributed by atoms with Gasteiger partial charge in [-0.2, -0.15) is 0 Å². The Kier molecular flexibility index (Phi) is 6.22. The third-order valence-electron chi connectivity index (χ3n) is 1.29. The molecule has 60 valence electrons. The number of anilines is 1. The third kappa shape index (κ3) is 4.47. The molecule has 3 heteroatoms. The molecular formula is C9H12KNO. The second-order valence-electron chi connectivity index (χ2n) is 2.83. The van der Waals surface area contributed by atoms with Crippen LogP contribution in [0.3, 0.4) is 0 Å². The van der Waals surface area contributed by atoms with Gasteiger partial charge < -0.3 is 10.4 Å². The molecule has 0 atom stereocenters. The molecule has 0 saturated heterocycles. The molecule has 0 saturated carbocycles. The summed E-state index contributed by atoms with van der Waals surface area (Å²) >= 11 is 0. The van der Waals surface area contributed by atoms with Crippen molar-refractivity contribution in [3.05, 3.63) is 24.3 Å². The maximum atomic E-state index is 10.8. The quantitative estimate of drug-likeness (QED) is 0.580. The second-order valence-corrected chi connectivity index (χ2v) is 2.83. The fourth-order valence-corrected chi connectivity index (χ4v) is 0.919. The zero-order chi connectivity index (χ0) is 8.27. The maximum absolute atomic E-state index is 10.8. The van der Waals surface area contributed by atoms with Gasteiger partial charge in [-0.3, -0.25) is 0 Å². The molecule has 12 heavy (non-hydrogen) atoms. The van der Waals surface area contributed by atoms with Crippen LogP contribution in [-0.4, -0.2) is 6.04 Å². The third-order valence-corrected chi connectivity index (χ3v) is 1.29. The second kappa shape index (κ2) is 5.99. The summed E-state index contributed by atoms with van der Waals surface area (Å²) < 4.78 is 0. The molecule has 1 N–H and O–H groups in total. The topological polar surface area (TPSA) is 35.1 Å². The summed E-state index contributed by atoms with van der Waals surface area (Å²) in [5.74, 6) is 0.0515. The summed E-state index contributed by atoms with van der Waals surface area (Å²) in [7, 11) is 0. The standard InChI is InChI=1S/C9H13NO.K/c1-7(2)10-8-4-3-5-9(11)6-8;/h3-7,10-11H,1-2H3;/q;+1/p-1. The molecular weight excluding hydrogens is 177 g/mol. The average Bonchev–Trinajstić information content (AvgIpc) is 1.85. The van der Waals surface area contributed by atoms with Crippen molar-refractivity contribution in [1.29, 1.82) is 0 Å². The van der Waals surface area contributed by atoms with Crippen LogP contribution in [0.5, 0.6) is 5.75 Å². The van der Waals surface area contributed by atoms with Crippen LogP contribution in [0.2, 0.25) is 0 Å². The van der Waals surface area contributed by atoms with Crippen LogP contribution in [0.25, 0.3) is 0 Å². The number of benzene rings is 1. The summed E-state index contributed by atoms with van der Waals surface area (Å²) in [4.78, 5) is 0. The molecule has 0 aliphatic heterocycles. The molecule has 2 nitrogen and oxygen atoms in total. The van der Waals surface area contributed by atoms with Crippen molar-refractivity contribution in [1.82, 2.24) is 0 Å². The number of hydrogen-bond acceptors (Lipinski definition) is 2. The van der Waals surface area contributed by atoms with Crippen molar-refractivity contribution >= 4 is 5.69 Å². The van der Waals surface area contributed by atoms with E-state index in [1.54, 1.807) is 18.2 Å². The number of nitrogens with one attached hydrogen (secondary N) is 1. The maximum Gasteiger partial charge on any atom is 1.00 e. The molecule has 0 amide bonds. The Bertz CT molecular complexity index is 238. The van der Waals surface area contributed by atoms with Gasteiger partial charge in [-0.05, 0) is 26.0 Å². The summed E-state index contributed by atoms with van der Waals surface area (Å²) in [6, 6.07) is 7.16. The van der Waals surface area contributed by atoms with Crippen LogP contribution >= 0.6 is 0 Å². The van der Waals surface area contributed by atoms with E-state index >= 15 is 0 Å². The molecule has 0 heterocycles. The van der Waals surface area contributed by atoms with E-state index in [1.807, 2.05) is 19.9 Å². The van der Waals surface area contributed by atoms with Gasteiger partial charge in [0.25, 0.3) is 0 Å². The smallest absolute Gasteiger partial charge is 0.872 e. The first-order valence-electron chi connectivity index (χ1n) is 3.72. The Morgan fingerprint density at radius 3 is 2.50 bits per heavy atom. The summed E-state index contributed by atoms with van der Waals surface area (Å²) in [6.45, 7) is 4.08. The SMILES string of the molecule is CC(C)Nc1cccc([O-])c1.[K+]. The zero-order valence-electron chi connectivity index (χ0n) is 7.79. The molecule has 1 aromatic carbocycles. The molecule has 1 aromatic rings. The summed E-state index contributed by atoms with van der Waals surface area (Å²) in [6.07, 6.45) is 0. The molecule has 0 aliphatic carbocycles. The average molecular weight is 189 g/mol. The first-order valence-corrected chi connectivity index (χ1v) is 3.72. The summed E-state index contributed by atoms with van der Waals surface area (Å²) in [5, 5.41) is 14.0. The van der Waals surface area contributed by atoms with Gasteiger partial charge in [0.15, 0.2) is 0 Å². The minimum absolute atomic E-state index is 0. The van der Waals surface area contributed by atoms with E-state index in [0.29, 0.717) is 6.04 Å². The van der Waals surface area contributed by atoms with Crippen molar-refractivity contribution in [3.8, 4) is 5.75 Å². The van der Waals surface area contributed by atoms with Gasteiger partial charge in [0.1, 0.15) is 0 Å². The fraction of sp³-hybridized carbons (Fsp3) is 0.333. The van der Waals surface area contributed by atoms with Crippen molar-refractivity contribution < 1.29 is 56.5 Å². The van der Waals surface area contributed by atoms with Gasteiger partial charge in [-0.25, -0.2) is 0 Å². The Labute approximate surface area is 116 Å². The van der Waals surface area contributed by atoms with Crippen molar-refractivity contribution in [2.24, 2.45) is 0 Å². The van der Waals surface area contributed by atoms with E-state index in [4.69, 9.17) is 0 Å². The first kappa shape index (κ1) is 12.5. The van der Waals surface area contributed by atoms with Gasteiger partial charge >= 0.3 is 51.4 Å². The van der Waals surface area contributed by atoms with E-state index < -0.39 is 0 Å². The largest absolute Gasteiger partial charge is 1.00 e. The molecule has 0 aliphatic rings. The molecule has 0 bridgehead atoms. The molecule has 0 spiro atoms. The van der Waals surface area contributed by atoms with Crippen molar-refractivity contribution in [2.45, 2.75) is 19.9 Å². The van der Waals surface area contributed by atoms with Gasteiger partial charge in [-0.15, -0.1) is 5.75 Å². The van der Waals surface area contributed by atoms with Crippen molar-refractivity contribution in [3.63, 3.8) is 0 Å². The molecule has 0 aromatic heterocycles. The molecule has 0 fully saturated rings. The molecule has 0 unspecified atom stereocenters. The normalized spacial score (nSPS) is 9.25. The zero-order valence-corrected chi connectivity index (χ0v) is 10.9. The fourth-order valence-electron chi connectivity index (χ4n) is 0.919. The summed E-state index contributed by atoms with van der Waals surface area (Å²) in [5.41, 5.74) is 0.896. The van der Waals surface area contributed by atoms with Gasteiger partial charge in [0, 0.05) is 11.7 Å². The Morgan fingerprint density at radius 1 is 1.33 bits per heavy atom. The van der Waals surface area contributed by atoms with Crippen LogP contribution in [0.4, 0.5) is 5.69 Å². The predicted octanol–water partition coefficient (Wildman–Crippen LogP) is -1.42. The van der Waals surface area contributed by atoms with E-state index in [2.05, 4.69) is 5.32 Å². The minimum atomic E-state index is 0. The Morgan fingerprint density at radius 2 is 2.00 bits per heavy atom. The van der Waals surface area contributed by atoms with Crippen LogP contribution in [0.15, 0.2) is 24.3 Å². The molecule has 0 radical (unpaired) electrons. The molecule has 1 rings (SSSR count). The van der Waals surface area contributed by atoms with E-state index in [9.17, 15) is 5.11 Å². The van der Waals surface area contributed by atoms with E-state index in [0.717, 1.165) is 5.69 Å².